The van der Waals surface area contributed by atoms with Gasteiger partial charge in [0.15, 0.2) is 0 Å². The van der Waals surface area contributed by atoms with Crippen molar-refractivity contribution in [2.24, 2.45) is 0 Å². The van der Waals surface area contributed by atoms with E-state index in [1.165, 1.54) is 6.07 Å². The summed E-state index contributed by atoms with van der Waals surface area (Å²) >= 11 is 0. The highest BCUT2D eigenvalue weighted by molar-refractivity contribution is 5.97. The van der Waals surface area contributed by atoms with E-state index >= 15 is 0 Å². The molecule has 0 unspecified atom stereocenters. The maximum Gasteiger partial charge on any atom is 0.274 e. The average Bonchev–Trinajstić information content (AvgIpc) is 3.08. The lowest BCUT2D eigenvalue weighted by atomic mass is 10.0. The second-order valence-corrected chi connectivity index (χ2v) is 6.85. The predicted octanol–water partition coefficient (Wildman–Crippen LogP) is 3.74. The van der Waals surface area contributed by atoms with Crippen molar-refractivity contribution in [2.45, 2.75) is 6.04 Å². The Kier molecular flexibility index (Phi) is 3.64. The minimum atomic E-state index is -0.645. The molecule has 3 aromatic carbocycles. The van der Waals surface area contributed by atoms with Crippen molar-refractivity contribution >= 4 is 16.7 Å². The Bertz CT molecular complexity index is 1260. The van der Waals surface area contributed by atoms with Crippen LogP contribution in [0.15, 0.2) is 83.8 Å². The molecule has 0 fully saturated rings. The topological polar surface area (TPSA) is 71.3 Å². The number of carbonyl (C=O) groups is 1. The number of hydrogen-bond donors (Lipinski definition) is 2. The van der Waals surface area contributed by atoms with Crippen LogP contribution in [0.5, 0.6) is 0 Å². The number of fused-ring (bicyclic) bond motifs is 4. The Morgan fingerprint density at radius 1 is 0.893 bits per heavy atom. The van der Waals surface area contributed by atoms with Crippen molar-refractivity contribution in [3.05, 3.63) is 106 Å². The molecule has 5 nitrogen and oxygen atoms in total. The van der Waals surface area contributed by atoms with Gasteiger partial charge in [-0.15, -0.1) is 0 Å². The number of pyridine rings is 1. The Morgan fingerprint density at radius 2 is 1.54 bits per heavy atom. The third kappa shape index (κ3) is 2.30. The molecule has 5 rings (SSSR count). The number of nitrogens with zero attached hydrogens (tertiary/aromatic N) is 1. The highest BCUT2D eigenvalue weighted by Gasteiger charge is 2.30. The maximum absolute atomic E-state index is 13.4. The summed E-state index contributed by atoms with van der Waals surface area (Å²) in [6.07, 6.45) is 1.81. The summed E-state index contributed by atoms with van der Waals surface area (Å²) in [5.74, 6) is -0.645. The molecule has 0 spiro atoms. The first-order chi connectivity index (χ1) is 13.7. The van der Waals surface area contributed by atoms with Gasteiger partial charge in [-0.05, 0) is 45.8 Å². The first-order valence-electron chi connectivity index (χ1n) is 8.96. The molecular weight excluding hydrogens is 352 g/mol. The second-order valence-electron chi connectivity index (χ2n) is 6.85. The lowest BCUT2D eigenvalue weighted by Crippen LogP contribution is -2.25. The molecule has 1 aliphatic carbocycles. The van der Waals surface area contributed by atoms with Crippen molar-refractivity contribution < 1.29 is 10.0 Å². The maximum atomic E-state index is 13.4. The third-order valence-electron chi connectivity index (χ3n) is 5.38. The van der Waals surface area contributed by atoms with E-state index in [9.17, 15) is 9.59 Å². The fourth-order valence-electron chi connectivity index (χ4n) is 4.09. The van der Waals surface area contributed by atoms with Crippen LogP contribution in [0.25, 0.3) is 21.9 Å². The normalized spacial score (nSPS) is 12.6. The van der Waals surface area contributed by atoms with Gasteiger partial charge < -0.3 is 4.57 Å². The van der Waals surface area contributed by atoms with Crippen LogP contribution >= 0.6 is 0 Å². The smallest absolute Gasteiger partial charge is 0.274 e. The third-order valence-corrected chi connectivity index (χ3v) is 5.38. The number of amides is 1. The van der Waals surface area contributed by atoms with Crippen molar-refractivity contribution in [3.63, 3.8) is 0 Å². The van der Waals surface area contributed by atoms with Gasteiger partial charge in [-0.3, -0.25) is 14.8 Å². The fourth-order valence-corrected chi connectivity index (χ4v) is 4.09. The zero-order chi connectivity index (χ0) is 19.3. The van der Waals surface area contributed by atoms with E-state index in [-0.39, 0.29) is 17.2 Å². The molecule has 0 bridgehead atoms. The summed E-state index contributed by atoms with van der Waals surface area (Å²) in [4.78, 5) is 25.1. The van der Waals surface area contributed by atoms with Crippen LogP contribution < -0.4 is 11.0 Å². The average molecular weight is 368 g/mol. The largest absolute Gasteiger partial charge is 0.303 e. The van der Waals surface area contributed by atoms with Gasteiger partial charge in [0, 0.05) is 17.1 Å². The minimum Gasteiger partial charge on any atom is -0.303 e. The van der Waals surface area contributed by atoms with Crippen molar-refractivity contribution in [1.29, 1.82) is 0 Å². The molecule has 28 heavy (non-hydrogen) atoms. The van der Waals surface area contributed by atoms with Gasteiger partial charge in [0.1, 0.15) is 0 Å². The van der Waals surface area contributed by atoms with Gasteiger partial charge in [0.25, 0.3) is 11.5 Å². The van der Waals surface area contributed by atoms with E-state index in [1.807, 2.05) is 42.5 Å². The summed E-state index contributed by atoms with van der Waals surface area (Å²) in [5.41, 5.74) is 6.08. The van der Waals surface area contributed by atoms with Gasteiger partial charge in [0.2, 0.25) is 0 Å². The van der Waals surface area contributed by atoms with E-state index in [1.54, 1.807) is 28.4 Å². The van der Waals surface area contributed by atoms with Crippen LogP contribution in [-0.4, -0.2) is 15.7 Å². The van der Waals surface area contributed by atoms with Crippen molar-refractivity contribution in [1.82, 2.24) is 10.0 Å². The first kappa shape index (κ1) is 16.5. The standard InChI is InChI=1S/C23H16N2O3/c26-22(24-28)15-10-9-14-11-12-25(23(27)20(14)13-15)21-18-7-3-1-5-16(18)17-6-2-4-8-19(17)21/h1-13,21,28H,(H,24,26). The highest BCUT2D eigenvalue weighted by atomic mass is 16.5. The Labute approximate surface area is 160 Å². The lowest BCUT2D eigenvalue weighted by molar-refractivity contribution is 0.0706. The fraction of sp³-hybridized carbons (Fsp3) is 0.0435. The van der Waals surface area contributed by atoms with E-state index in [0.717, 1.165) is 27.6 Å². The summed E-state index contributed by atoms with van der Waals surface area (Å²) in [6.45, 7) is 0. The van der Waals surface area contributed by atoms with Crippen LogP contribution in [0.4, 0.5) is 0 Å². The van der Waals surface area contributed by atoms with E-state index in [4.69, 9.17) is 5.21 Å². The number of hydrogen-bond acceptors (Lipinski definition) is 3. The minimum absolute atomic E-state index is 0.179. The molecule has 1 aromatic heterocycles. The van der Waals surface area contributed by atoms with E-state index < -0.39 is 5.91 Å². The van der Waals surface area contributed by atoms with Crippen LogP contribution in [0.2, 0.25) is 0 Å². The van der Waals surface area contributed by atoms with Gasteiger partial charge in [-0.25, -0.2) is 5.48 Å². The molecular formula is C23H16N2O3. The molecule has 0 radical (unpaired) electrons. The summed E-state index contributed by atoms with van der Waals surface area (Å²) < 4.78 is 1.72. The van der Waals surface area contributed by atoms with Crippen molar-refractivity contribution in [3.8, 4) is 11.1 Å². The molecule has 5 heteroatoms. The van der Waals surface area contributed by atoms with Gasteiger partial charge in [-0.1, -0.05) is 54.6 Å². The number of hydroxylamine groups is 1. The first-order valence-corrected chi connectivity index (χ1v) is 8.96. The van der Waals surface area contributed by atoms with Crippen LogP contribution in [0.3, 0.4) is 0 Å². The zero-order valence-corrected chi connectivity index (χ0v) is 14.8. The highest BCUT2D eigenvalue weighted by Crippen LogP contribution is 2.44. The summed E-state index contributed by atoms with van der Waals surface area (Å²) in [6, 6.07) is 22.7. The molecule has 4 aromatic rings. The van der Waals surface area contributed by atoms with Crippen LogP contribution in [-0.2, 0) is 0 Å². The molecule has 0 saturated heterocycles. The summed E-state index contributed by atoms with van der Waals surface area (Å²) in [5, 5.41) is 10.1. The summed E-state index contributed by atoms with van der Waals surface area (Å²) in [7, 11) is 0. The number of aromatic nitrogens is 1. The molecule has 2 N–H and O–H groups in total. The monoisotopic (exact) mass is 368 g/mol. The van der Waals surface area contributed by atoms with E-state index in [0.29, 0.717) is 5.39 Å². The molecule has 0 atom stereocenters. The molecule has 1 aliphatic rings. The SMILES string of the molecule is O=C(NO)c1ccc2ccn(C3c4ccccc4-c4ccccc43)c(=O)c2c1. The molecule has 136 valence electrons. The Morgan fingerprint density at radius 3 is 2.18 bits per heavy atom. The molecule has 0 aliphatic heterocycles. The van der Waals surface area contributed by atoms with Gasteiger partial charge in [-0.2, -0.15) is 0 Å². The van der Waals surface area contributed by atoms with Crippen molar-refractivity contribution in [2.75, 3.05) is 0 Å². The lowest BCUT2D eigenvalue weighted by Gasteiger charge is -2.18. The van der Waals surface area contributed by atoms with Crippen LogP contribution in [0, 0.1) is 0 Å². The van der Waals surface area contributed by atoms with Gasteiger partial charge >= 0.3 is 0 Å². The second kappa shape index (κ2) is 6.18. The predicted molar refractivity (Wildman–Crippen MR) is 107 cm³/mol. The van der Waals surface area contributed by atoms with Gasteiger partial charge in [0.05, 0.1) is 6.04 Å². The quantitative estimate of drug-likeness (QED) is 0.368. The molecule has 1 heterocycles. The molecule has 0 saturated carbocycles. The number of benzene rings is 3. The zero-order valence-electron chi connectivity index (χ0n) is 14.8. The van der Waals surface area contributed by atoms with Crippen LogP contribution in [0.1, 0.15) is 27.5 Å². The Balaban J connectivity index is 1.77. The molecule has 1 amide bonds. The Hall–Kier alpha value is -3.70. The number of carbonyl (C=O) groups excluding carboxylic acids is 1. The van der Waals surface area contributed by atoms with E-state index in [2.05, 4.69) is 12.1 Å². The number of rotatable bonds is 2. The number of nitrogens with one attached hydrogen (secondary N) is 1.